The highest BCUT2D eigenvalue weighted by Gasteiger charge is 2.28. The van der Waals surface area contributed by atoms with Gasteiger partial charge in [0.1, 0.15) is 10.8 Å². The number of hydrogen-bond acceptors (Lipinski definition) is 7. The van der Waals surface area contributed by atoms with Crippen LogP contribution in [-0.2, 0) is 34.2 Å². The maximum atomic E-state index is 13.4. The van der Waals surface area contributed by atoms with E-state index in [-0.39, 0.29) is 35.7 Å². The molecule has 0 spiro atoms. The third kappa shape index (κ3) is 5.20. The van der Waals surface area contributed by atoms with Gasteiger partial charge in [0.15, 0.2) is 4.80 Å². The zero-order chi connectivity index (χ0) is 23.5. The number of rotatable bonds is 7. The van der Waals surface area contributed by atoms with Crippen LogP contribution >= 0.6 is 34.4 Å². The number of aromatic nitrogens is 1. The van der Waals surface area contributed by atoms with Crippen LogP contribution in [0.4, 0.5) is 9.39 Å². The van der Waals surface area contributed by atoms with Gasteiger partial charge >= 0.3 is 5.97 Å². The summed E-state index contributed by atoms with van der Waals surface area (Å²) in [5, 5.41) is 3.33. The molecule has 11 heteroatoms. The Morgan fingerprint density at radius 3 is 2.85 bits per heavy atom. The van der Waals surface area contributed by atoms with Gasteiger partial charge in [0.2, 0.25) is 5.91 Å². The molecule has 1 N–H and O–H groups in total. The standard InChI is InChI=1S/C22H22FN3O4S3/c1-3-30-21(29)19-13-5-4-6-15(13)32-20(19)24-17(27)10-31-11-18(28)25-22-26(2)14-8-7-12(23)9-16(14)33-22/h7-9H,3-6,10-11H2,1-2H3,(H,24,27). The lowest BCUT2D eigenvalue weighted by atomic mass is 10.1. The van der Waals surface area contributed by atoms with Crippen LogP contribution in [0.1, 0.15) is 34.1 Å². The van der Waals surface area contributed by atoms with Crippen molar-refractivity contribution < 1.29 is 23.5 Å². The Kier molecular flexibility index (Phi) is 7.30. The molecule has 0 fully saturated rings. The third-order valence-electron chi connectivity index (χ3n) is 5.10. The first-order chi connectivity index (χ1) is 15.9. The quantitative estimate of drug-likeness (QED) is 0.490. The van der Waals surface area contributed by atoms with Crippen LogP contribution in [0.15, 0.2) is 23.2 Å². The lowest BCUT2D eigenvalue weighted by Gasteiger charge is -2.07. The van der Waals surface area contributed by atoms with Crippen LogP contribution < -0.4 is 10.1 Å². The number of aryl methyl sites for hydroxylation is 2. The van der Waals surface area contributed by atoms with E-state index in [0.29, 0.717) is 20.1 Å². The molecule has 0 saturated heterocycles. The molecule has 0 atom stereocenters. The highest BCUT2D eigenvalue weighted by Crippen LogP contribution is 2.39. The molecule has 174 valence electrons. The molecule has 2 aromatic heterocycles. The number of thioether (sulfide) groups is 1. The number of thiazole rings is 1. The number of amides is 2. The molecule has 0 unspecified atom stereocenters. The number of halogens is 1. The number of carbonyl (C=O) groups excluding carboxylic acids is 3. The SMILES string of the molecule is CCOC(=O)c1c(NC(=O)CSCC(=O)N=c2sc3cc(F)ccc3n2C)sc2c1CCC2. The first-order valence-electron chi connectivity index (χ1n) is 10.4. The van der Waals surface area contributed by atoms with Gasteiger partial charge in [-0.25, -0.2) is 9.18 Å². The number of ether oxygens (including phenoxy) is 1. The summed E-state index contributed by atoms with van der Waals surface area (Å²) in [6, 6.07) is 4.42. The Labute approximate surface area is 201 Å². The van der Waals surface area contributed by atoms with E-state index in [1.807, 2.05) is 0 Å². The van der Waals surface area contributed by atoms with E-state index in [1.54, 1.807) is 24.6 Å². The van der Waals surface area contributed by atoms with Crippen LogP contribution in [0.25, 0.3) is 10.2 Å². The molecule has 0 saturated carbocycles. The van der Waals surface area contributed by atoms with Crippen molar-refractivity contribution in [3.8, 4) is 0 Å². The van der Waals surface area contributed by atoms with Crippen LogP contribution in [0.2, 0.25) is 0 Å². The maximum absolute atomic E-state index is 13.4. The van der Waals surface area contributed by atoms with E-state index < -0.39 is 5.97 Å². The minimum absolute atomic E-state index is 0.0295. The molecular formula is C22H22FN3O4S3. The number of esters is 1. The summed E-state index contributed by atoms with van der Waals surface area (Å²) in [6.07, 6.45) is 2.70. The minimum Gasteiger partial charge on any atom is -0.462 e. The number of thiophene rings is 1. The molecule has 1 aromatic carbocycles. The molecule has 2 heterocycles. The van der Waals surface area contributed by atoms with E-state index in [0.717, 1.165) is 47.0 Å². The molecule has 4 rings (SSSR count). The predicted octanol–water partition coefficient (Wildman–Crippen LogP) is 3.91. The van der Waals surface area contributed by atoms with Gasteiger partial charge in [-0.1, -0.05) is 11.3 Å². The van der Waals surface area contributed by atoms with Crippen LogP contribution in [0, 0.1) is 5.82 Å². The van der Waals surface area contributed by atoms with E-state index in [4.69, 9.17) is 4.74 Å². The van der Waals surface area contributed by atoms with Gasteiger partial charge in [0, 0.05) is 11.9 Å². The molecule has 3 aromatic rings. The molecular weight excluding hydrogens is 485 g/mol. The zero-order valence-corrected chi connectivity index (χ0v) is 20.6. The molecule has 2 amide bonds. The van der Waals surface area contributed by atoms with Crippen molar-refractivity contribution in [2.24, 2.45) is 12.0 Å². The van der Waals surface area contributed by atoms with Gasteiger partial charge < -0.3 is 14.6 Å². The Hall–Kier alpha value is -2.50. The zero-order valence-electron chi connectivity index (χ0n) is 18.1. The highest BCUT2D eigenvalue weighted by molar-refractivity contribution is 8.00. The summed E-state index contributed by atoms with van der Waals surface area (Å²) in [4.78, 5) is 42.9. The summed E-state index contributed by atoms with van der Waals surface area (Å²) in [5.41, 5.74) is 2.24. The first-order valence-corrected chi connectivity index (χ1v) is 13.2. The van der Waals surface area contributed by atoms with Gasteiger partial charge in [-0.3, -0.25) is 9.59 Å². The van der Waals surface area contributed by atoms with Crippen LogP contribution in [0.5, 0.6) is 0 Å². The van der Waals surface area contributed by atoms with Crippen molar-refractivity contribution >= 4 is 67.4 Å². The first kappa shape index (κ1) is 23.7. The number of anilines is 1. The lowest BCUT2D eigenvalue weighted by molar-refractivity contribution is -0.115. The summed E-state index contributed by atoms with van der Waals surface area (Å²) in [6.45, 7) is 2.02. The number of nitrogens with one attached hydrogen (secondary N) is 1. The largest absolute Gasteiger partial charge is 0.462 e. The average molecular weight is 508 g/mol. The fourth-order valence-corrected chi connectivity index (χ4v) is 6.61. The number of fused-ring (bicyclic) bond motifs is 2. The maximum Gasteiger partial charge on any atom is 0.341 e. The van der Waals surface area contributed by atoms with E-state index >= 15 is 0 Å². The number of benzene rings is 1. The third-order valence-corrected chi connectivity index (χ3v) is 8.32. The molecule has 0 radical (unpaired) electrons. The Bertz CT molecular complexity index is 1310. The highest BCUT2D eigenvalue weighted by atomic mass is 32.2. The van der Waals surface area contributed by atoms with Crippen LogP contribution in [-0.4, -0.2) is 40.5 Å². The van der Waals surface area contributed by atoms with Crippen molar-refractivity contribution in [2.45, 2.75) is 26.2 Å². The second kappa shape index (κ2) is 10.2. The van der Waals surface area contributed by atoms with Crippen molar-refractivity contribution in [1.82, 2.24) is 4.57 Å². The number of hydrogen-bond donors (Lipinski definition) is 1. The topological polar surface area (TPSA) is 89.8 Å². The molecule has 0 bridgehead atoms. The molecule has 0 aliphatic heterocycles. The van der Waals surface area contributed by atoms with Gasteiger partial charge in [-0.2, -0.15) is 4.99 Å². The second-order valence-electron chi connectivity index (χ2n) is 7.38. The van der Waals surface area contributed by atoms with E-state index in [1.165, 1.54) is 34.8 Å². The second-order valence-corrected chi connectivity index (χ2v) is 10.5. The Morgan fingerprint density at radius 2 is 2.06 bits per heavy atom. The number of carbonyl (C=O) groups is 3. The van der Waals surface area contributed by atoms with Gasteiger partial charge in [0.05, 0.1) is 33.9 Å². The Morgan fingerprint density at radius 1 is 1.24 bits per heavy atom. The molecule has 1 aliphatic rings. The molecule has 33 heavy (non-hydrogen) atoms. The summed E-state index contributed by atoms with van der Waals surface area (Å²) >= 11 is 3.80. The van der Waals surface area contributed by atoms with Gasteiger partial charge in [-0.15, -0.1) is 23.1 Å². The van der Waals surface area contributed by atoms with Crippen molar-refractivity contribution in [3.05, 3.63) is 44.8 Å². The van der Waals surface area contributed by atoms with Crippen LogP contribution in [0.3, 0.4) is 0 Å². The average Bonchev–Trinajstić information content (AvgIpc) is 3.41. The fraction of sp³-hybridized carbons (Fsp3) is 0.364. The summed E-state index contributed by atoms with van der Waals surface area (Å²) < 4.78 is 21.0. The van der Waals surface area contributed by atoms with Crippen molar-refractivity contribution in [2.75, 3.05) is 23.4 Å². The smallest absolute Gasteiger partial charge is 0.341 e. The molecule has 1 aliphatic carbocycles. The van der Waals surface area contributed by atoms with Gasteiger partial charge in [0.25, 0.3) is 5.91 Å². The van der Waals surface area contributed by atoms with Gasteiger partial charge in [-0.05, 0) is 49.9 Å². The minimum atomic E-state index is -0.412. The van der Waals surface area contributed by atoms with E-state index in [2.05, 4.69) is 10.3 Å². The predicted molar refractivity (Wildman–Crippen MR) is 130 cm³/mol. The van der Waals surface area contributed by atoms with Crippen molar-refractivity contribution in [1.29, 1.82) is 0 Å². The fourth-order valence-electron chi connectivity index (χ4n) is 3.66. The lowest BCUT2D eigenvalue weighted by Crippen LogP contribution is -2.18. The Balaban J connectivity index is 1.37. The summed E-state index contributed by atoms with van der Waals surface area (Å²) in [7, 11) is 1.77. The van der Waals surface area contributed by atoms with E-state index in [9.17, 15) is 18.8 Å². The molecule has 7 nitrogen and oxygen atoms in total. The normalized spacial score (nSPS) is 13.4. The monoisotopic (exact) mass is 507 g/mol. The van der Waals surface area contributed by atoms with Crippen molar-refractivity contribution in [3.63, 3.8) is 0 Å². The summed E-state index contributed by atoms with van der Waals surface area (Å²) in [5.74, 6) is -1.34. The number of nitrogens with zero attached hydrogens (tertiary/aromatic N) is 2.